The first kappa shape index (κ1) is 27.9. The van der Waals surface area contributed by atoms with E-state index >= 15 is 0 Å². The van der Waals surface area contributed by atoms with Gasteiger partial charge in [0.05, 0.1) is 24.6 Å². The number of Topliss-reactive ketones (excluding diaryl/α,β-unsaturated/α-hetero) is 1. The highest BCUT2D eigenvalue weighted by Gasteiger charge is 2.33. The van der Waals surface area contributed by atoms with E-state index in [-0.39, 0.29) is 42.6 Å². The van der Waals surface area contributed by atoms with E-state index in [1.165, 1.54) is 7.11 Å². The summed E-state index contributed by atoms with van der Waals surface area (Å²) < 4.78 is 45.1. The Morgan fingerprint density at radius 2 is 1.97 bits per heavy atom. The zero-order valence-corrected chi connectivity index (χ0v) is 22.3. The minimum atomic E-state index is -4.14. The molecule has 0 radical (unpaired) electrons. The molecule has 1 aliphatic rings. The van der Waals surface area contributed by atoms with Crippen molar-refractivity contribution < 1.29 is 22.7 Å². The quantitative estimate of drug-likeness (QED) is 0.382. The molecule has 0 aromatic carbocycles. The van der Waals surface area contributed by atoms with Gasteiger partial charge in [-0.1, -0.05) is 6.92 Å². The molecule has 1 N–H and O–H groups in total. The maximum atomic E-state index is 13.5. The number of carbonyl (C=O) groups is 1. The van der Waals surface area contributed by atoms with E-state index < -0.39 is 12.6 Å². The lowest BCUT2D eigenvalue weighted by Gasteiger charge is -2.35. The van der Waals surface area contributed by atoms with Crippen LogP contribution in [0.4, 0.5) is 13.2 Å². The summed E-state index contributed by atoms with van der Waals surface area (Å²) >= 11 is 0. The Kier molecular flexibility index (Phi) is 8.30. The molecule has 0 aliphatic carbocycles. The Bertz CT molecular complexity index is 1350. The van der Waals surface area contributed by atoms with Crippen LogP contribution in [0, 0.1) is 19.8 Å². The molecule has 206 valence electrons. The van der Waals surface area contributed by atoms with Gasteiger partial charge in [-0.15, -0.1) is 0 Å². The smallest absolute Gasteiger partial charge is 0.390 e. The number of ketones is 1. The number of nitrogens with one attached hydrogen (secondary N) is 1. The topological polar surface area (TPSA) is 79.7 Å². The summed E-state index contributed by atoms with van der Waals surface area (Å²) in [7, 11) is 1.51. The number of alkyl halides is 3. The minimum absolute atomic E-state index is 0.0342. The normalized spacial score (nSPS) is 16.2. The van der Waals surface area contributed by atoms with E-state index in [1.807, 2.05) is 22.4 Å². The number of halogens is 3. The summed E-state index contributed by atoms with van der Waals surface area (Å²) in [6.07, 6.45) is -1.27. The monoisotopic (exact) mass is 532 g/mol. The van der Waals surface area contributed by atoms with Gasteiger partial charge in [-0.3, -0.25) is 9.59 Å². The van der Waals surface area contributed by atoms with Crippen LogP contribution in [0.1, 0.15) is 71.4 Å². The van der Waals surface area contributed by atoms with Crippen molar-refractivity contribution in [3.63, 3.8) is 0 Å². The summed E-state index contributed by atoms with van der Waals surface area (Å²) in [6, 6.07) is 5.42. The van der Waals surface area contributed by atoms with Crippen molar-refractivity contribution in [1.29, 1.82) is 0 Å². The highest BCUT2D eigenvalue weighted by atomic mass is 19.4. The molecule has 0 amide bonds. The van der Waals surface area contributed by atoms with Gasteiger partial charge in [0.15, 0.2) is 5.78 Å². The predicted octanol–water partition coefficient (Wildman–Crippen LogP) is 5.23. The van der Waals surface area contributed by atoms with E-state index in [1.54, 1.807) is 25.3 Å². The van der Waals surface area contributed by atoms with Crippen molar-refractivity contribution in [3.8, 4) is 5.75 Å². The summed E-state index contributed by atoms with van der Waals surface area (Å²) in [4.78, 5) is 30.7. The van der Waals surface area contributed by atoms with Crippen LogP contribution in [0.25, 0.3) is 5.52 Å². The maximum Gasteiger partial charge on any atom is 0.390 e. The molecule has 1 aliphatic heterocycles. The average Bonchev–Trinajstić information content (AvgIpc) is 3.17. The summed E-state index contributed by atoms with van der Waals surface area (Å²) in [5.74, 6) is 0.739. The largest absolute Gasteiger partial charge is 0.496 e. The number of pyridine rings is 1. The zero-order chi connectivity index (χ0) is 27.6. The fraction of sp³-hybridized carbons (Fsp3) is 0.536. The number of H-pyrrole nitrogens is 1. The molecule has 4 rings (SSSR count). The van der Waals surface area contributed by atoms with Gasteiger partial charge in [0.1, 0.15) is 5.75 Å². The van der Waals surface area contributed by atoms with E-state index in [2.05, 4.69) is 17.0 Å². The van der Waals surface area contributed by atoms with Crippen molar-refractivity contribution in [2.45, 2.75) is 65.0 Å². The molecule has 0 bridgehead atoms. The number of methoxy groups -OCH3 is 1. The number of likely N-dealkylation sites (tertiary alicyclic amines) is 1. The molecule has 1 fully saturated rings. The number of hydrogen-bond donors (Lipinski definition) is 1. The highest BCUT2D eigenvalue weighted by molar-refractivity contribution is 6.04. The lowest BCUT2D eigenvalue weighted by atomic mass is 9.82. The van der Waals surface area contributed by atoms with E-state index in [0.717, 1.165) is 29.6 Å². The van der Waals surface area contributed by atoms with Gasteiger partial charge >= 0.3 is 6.18 Å². The van der Waals surface area contributed by atoms with Gasteiger partial charge in [-0.25, -0.2) is 4.52 Å². The van der Waals surface area contributed by atoms with E-state index in [4.69, 9.17) is 4.74 Å². The third-order valence-electron chi connectivity index (χ3n) is 7.81. The van der Waals surface area contributed by atoms with Gasteiger partial charge in [0, 0.05) is 42.0 Å². The predicted molar refractivity (Wildman–Crippen MR) is 139 cm³/mol. The number of rotatable bonds is 9. The van der Waals surface area contributed by atoms with Crippen molar-refractivity contribution in [1.82, 2.24) is 19.5 Å². The lowest BCUT2D eigenvalue weighted by Crippen LogP contribution is -2.37. The third kappa shape index (κ3) is 5.95. The van der Waals surface area contributed by atoms with Crippen LogP contribution < -0.4 is 10.3 Å². The standard InChI is InChI=1S/C28H35F3N4O3/c1-17-16-24(38-4)21(27(37)33-17)7-8-23(36)25-19(3)26(35-22(25)6-5-12-32-35)18(2)20-9-13-34(14-10-20)15-11-28(29,30)31/h5-6,12,16,18,20H,7-11,13-15H2,1-4H3,(H,33,37). The van der Waals surface area contributed by atoms with Crippen LogP contribution in [-0.2, 0) is 6.42 Å². The number of carbonyl (C=O) groups excluding carboxylic acids is 1. The number of hydrogen-bond acceptors (Lipinski definition) is 5. The summed E-state index contributed by atoms with van der Waals surface area (Å²) in [6.45, 7) is 7.11. The van der Waals surface area contributed by atoms with Gasteiger partial charge in [0.25, 0.3) is 5.56 Å². The van der Waals surface area contributed by atoms with Crippen LogP contribution in [0.15, 0.2) is 29.2 Å². The fourth-order valence-electron chi connectivity index (χ4n) is 5.77. The first-order valence-electron chi connectivity index (χ1n) is 13.1. The van der Waals surface area contributed by atoms with Gasteiger partial charge in [0.2, 0.25) is 0 Å². The van der Waals surface area contributed by atoms with Crippen molar-refractivity contribution in [2.75, 3.05) is 26.7 Å². The Morgan fingerprint density at radius 1 is 1.26 bits per heavy atom. The second kappa shape index (κ2) is 11.3. The van der Waals surface area contributed by atoms with Crippen LogP contribution >= 0.6 is 0 Å². The molecule has 3 aromatic heterocycles. The van der Waals surface area contributed by atoms with Crippen molar-refractivity contribution >= 4 is 11.3 Å². The maximum absolute atomic E-state index is 13.5. The Morgan fingerprint density at radius 3 is 2.63 bits per heavy atom. The molecule has 3 aromatic rings. The molecular formula is C28H35F3N4O3. The number of piperidine rings is 1. The number of nitrogens with zero attached hydrogens (tertiary/aromatic N) is 3. The van der Waals surface area contributed by atoms with Gasteiger partial charge in [-0.05, 0) is 75.9 Å². The molecule has 0 spiro atoms. The molecule has 0 saturated carbocycles. The molecule has 10 heteroatoms. The number of aromatic amines is 1. The molecule has 1 atom stereocenters. The molecule has 38 heavy (non-hydrogen) atoms. The number of fused-ring (bicyclic) bond motifs is 1. The molecule has 1 unspecified atom stereocenters. The fourth-order valence-corrected chi connectivity index (χ4v) is 5.77. The summed E-state index contributed by atoms with van der Waals surface area (Å²) in [5, 5.41) is 4.56. The number of aromatic nitrogens is 3. The second-order valence-electron chi connectivity index (χ2n) is 10.3. The van der Waals surface area contributed by atoms with Crippen LogP contribution in [0.3, 0.4) is 0 Å². The van der Waals surface area contributed by atoms with E-state index in [9.17, 15) is 22.8 Å². The minimum Gasteiger partial charge on any atom is -0.496 e. The third-order valence-corrected chi connectivity index (χ3v) is 7.81. The molecular weight excluding hydrogens is 497 g/mol. The molecule has 4 heterocycles. The van der Waals surface area contributed by atoms with Gasteiger partial charge in [-0.2, -0.15) is 18.3 Å². The number of ether oxygens (including phenoxy) is 1. The van der Waals surface area contributed by atoms with Crippen LogP contribution in [0.2, 0.25) is 0 Å². The number of aryl methyl sites for hydroxylation is 1. The first-order chi connectivity index (χ1) is 18.0. The highest BCUT2D eigenvalue weighted by Crippen LogP contribution is 2.37. The van der Waals surface area contributed by atoms with E-state index in [0.29, 0.717) is 35.7 Å². The molecule has 7 nitrogen and oxygen atoms in total. The first-order valence-corrected chi connectivity index (χ1v) is 13.1. The van der Waals surface area contributed by atoms with Gasteiger partial charge < -0.3 is 14.6 Å². The Labute approximate surface area is 220 Å². The van der Waals surface area contributed by atoms with Crippen molar-refractivity contribution in [2.24, 2.45) is 5.92 Å². The zero-order valence-electron chi connectivity index (χ0n) is 22.3. The second-order valence-corrected chi connectivity index (χ2v) is 10.3. The van der Waals surface area contributed by atoms with Crippen LogP contribution in [-0.4, -0.2) is 58.2 Å². The SMILES string of the molecule is COc1cc(C)[nH]c(=O)c1CCC(=O)c1c(C)c(C(C)C2CCN(CCC(F)(F)F)CC2)n2ncccc12. The lowest BCUT2D eigenvalue weighted by molar-refractivity contribution is -0.138. The molecule has 1 saturated heterocycles. The Hall–Kier alpha value is -3.14. The van der Waals surface area contributed by atoms with Crippen molar-refractivity contribution in [3.05, 3.63) is 62.8 Å². The Balaban J connectivity index is 1.54. The summed E-state index contributed by atoms with van der Waals surface area (Å²) in [5.41, 5.74) is 4.03. The van der Waals surface area contributed by atoms with Crippen LogP contribution in [0.5, 0.6) is 5.75 Å². The average molecular weight is 533 g/mol.